The number of halogens is 1. The average molecular weight is 291 g/mol. The maximum absolute atomic E-state index is 11.7. The van der Waals surface area contributed by atoms with Gasteiger partial charge in [0.2, 0.25) is 0 Å². The van der Waals surface area contributed by atoms with E-state index in [1.165, 1.54) is 0 Å². The van der Waals surface area contributed by atoms with Gasteiger partial charge < -0.3 is 0 Å². The second-order valence-electron chi connectivity index (χ2n) is 4.36. The van der Waals surface area contributed by atoms with E-state index in [1.54, 1.807) is 28.9 Å². The van der Waals surface area contributed by atoms with Gasteiger partial charge in [-0.1, -0.05) is 30.7 Å². The van der Waals surface area contributed by atoms with Crippen LogP contribution in [-0.4, -0.2) is 20.9 Å². The Morgan fingerprint density at radius 2 is 2.05 bits per heavy atom. The second kappa shape index (κ2) is 5.73. The lowest BCUT2D eigenvalue weighted by Gasteiger charge is -2.10. The minimum Gasteiger partial charge on any atom is -0.285 e. The third kappa shape index (κ3) is 2.64. The summed E-state index contributed by atoms with van der Waals surface area (Å²) in [5.41, 5.74) is 9.73. The van der Waals surface area contributed by atoms with Crippen LogP contribution in [0.3, 0.4) is 0 Å². The fourth-order valence-corrected chi connectivity index (χ4v) is 1.95. The first kappa shape index (κ1) is 14.0. The Morgan fingerprint density at radius 3 is 2.60 bits per heavy atom. The number of carbonyl (C=O) groups excluding carboxylic acids is 1. The van der Waals surface area contributed by atoms with Gasteiger partial charge in [-0.3, -0.25) is 4.79 Å². The van der Waals surface area contributed by atoms with Gasteiger partial charge >= 0.3 is 0 Å². The number of amides is 1. The van der Waals surface area contributed by atoms with E-state index in [4.69, 9.17) is 17.1 Å². The highest BCUT2D eigenvalue weighted by Crippen LogP contribution is 2.23. The predicted molar refractivity (Wildman–Crippen MR) is 73.9 cm³/mol. The number of nitrogens with zero attached hydrogens (tertiary/aromatic N) is 6. The van der Waals surface area contributed by atoms with Crippen LogP contribution in [0, 0.1) is 0 Å². The standard InChI is InChI=1S/C12H11ClN6O/c1-7(2)11-10(12(20)16-17-14)15-18-19(11)9-5-3-8(13)4-6-9/h3-7H,1-2H3. The van der Waals surface area contributed by atoms with E-state index in [-0.39, 0.29) is 11.6 Å². The molecule has 7 nitrogen and oxygen atoms in total. The molecular weight excluding hydrogens is 280 g/mol. The van der Waals surface area contributed by atoms with Gasteiger partial charge in [0, 0.05) is 9.93 Å². The molecule has 1 aromatic carbocycles. The van der Waals surface area contributed by atoms with Crippen molar-refractivity contribution in [3.8, 4) is 5.69 Å². The summed E-state index contributed by atoms with van der Waals surface area (Å²) in [6.07, 6.45) is 0. The Bertz CT molecular complexity index is 684. The highest BCUT2D eigenvalue weighted by Gasteiger charge is 2.21. The first-order valence-electron chi connectivity index (χ1n) is 5.85. The fourth-order valence-electron chi connectivity index (χ4n) is 1.82. The molecule has 102 valence electrons. The Balaban J connectivity index is 2.57. The molecule has 0 atom stereocenters. The van der Waals surface area contributed by atoms with Crippen molar-refractivity contribution in [1.29, 1.82) is 0 Å². The Morgan fingerprint density at radius 1 is 1.40 bits per heavy atom. The topological polar surface area (TPSA) is 96.5 Å². The zero-order valence-electron chi connectivity index (χ0n) is 10.9. The van der Waals surface area contributed by atoms with Crippen molar-refractivity contribution >= 4 is 17.5 Å². The summed E-state index contributed by atoms with van der Waals surface area (Å²) in [6.45, 7) is 3.80. The molecule has 0 N–H and O–H groups in total. The zero-order valence-corrected chi connectivity index (χ0v) is 11.6. The molecule has 0 unspecified atom stereocenters. The summed E-state index contributed by atoms with van der Waals surface area (Å²) in [5.74, 6) is -0.759. The molecule has 0 aliphatic carbocycles. The highest BCUT2D eigenvalue weighted by molar-refractivity contribution is 6.30. The minimum absolute atomic E-state index is 0.0199. The minimum atomic E-state index is -0.739. The van der Waals surface area contributed by atoms with E-state index in [0.717, 1.165) is 5.69 Å². The number of benzene rings is 1. The Labute approximate surface area is 119 Å². The summed E-state index contributed by atoms with van der Waals surface area (Å²) >= 11 is 5.84. The van der Waals surface area contributed by atoms with Crippen LogP contribution in [0.2, 0.25) is 5.02 Å². The predicted octanol–water partition coefficient (Wildman–Crippen LogP) is 3.49. The number of hydrogen-bond donors (Lipinski definition) is 0. The van der Waals surface area contributed by atoms with Crippen molar-refractivity contribution in [2.75, 3.05) is 0 Å². The summed E-state index contributed by atoms with van der Waals surface area (Å²) in [7, 11) is 0. The molecule has 0 saturated heterocycles. The molecule has 0 spiro atoms. The maximum Gasteiger partial charge on any atom is 0.271 e. The molecular formula is C12H11ClN6O. The number of carbonyl (C=O) groups is 1. The van der Waals surface area contributed by atoms with E-state index >= 15 is 0 Å². The van der Waals surface area contributed by atoms with Gasteiger partial charge in [0.15, 0.2) is 5.69 Å². The molecule has 2 aromatic rings. The molecule has 1 heterocycles. The summed E-state index contributed by atoms with van der Waals surface area (Å²) < 4.78 is 1.54. The average Bonchev–Trinajstić information content (AvgIpc) is 2.84. The van der Waals surface area contributed by atoms with Gasteiger partial charge in [-0.25, -0.2) is 4.68 Å². The molecule has 20 heavy (non-hydrogen) atoms. The van der Waals surface area contributed by atoms with Gasteiger partial charge in [0.25, 0.3) is 5.91 Å². The number of hydrogen-bond acceptors (Lipinski definition) is 3. The van der Waals surface area contributed by atoms with E-state index in [2.05, 4.69) is 20.3 Å². The summed E-state index contributed by atoms with van der Waals surface area (Å²) in [5, 5.41) is 11.4. The van der Waals surface area contributed by atoms with Crippen molar-refractivity contribution in [2.24, 2.45) is 5.11 Å². The third-order valence-electron chi connectivity index (χ3n) is 2.66. The van der Waals surface area contributed by atoms with Crippen molar-refractivity contribution in [3.63, 3.8) is 0 Å². The fraction of sp³-hybridized carbons (Fsp3) is 0.250. The maximum atomic E-state index is 11.7. The molecule has 1 aromatic heterocycles. The molecule has 2 rings (SSSR count). The van der Waals surface area contributed by atoms with Crippen molar-refractivity contribution in [2.45, 2.75) is 19.8 Å². The van der Waals surface area contributed by atoms with Crippen LogP contribution in [0.25, 0.3) is 16.1 Å². The van der Waals surface area contributed by atoms with Gasteiger partial charge in [0.05, 0.1) is 11.4 Å². The normalized spacial score (nSPS) is 10.4. The van der Waals surface area contributed by atoms with Crippen LogP contribution in [0.4, 0.5) is 0 Å². The lowest BCUT2D eigenvalue weighted by molar-refractivity contribution is 0.0994. The van der Waals surface area contributed by atoms with Crippen molar-refractivity contribution < 1.29 is 4.79 Å². The molecule has 0 radical (unpaired) electrons. The molecule has 8 heteroatoms. The Hall–Kier alpha value is -2.37. The zero-order chi connectivity index (χ0) is 14.7. The van der Waals surface area contributed by atoms with Gasteiger partial charge in [-0.15, -0.1) is 5.10 Å². The lowest BCUT2D eigenvalue weighted by atomic mass is 10.1. The second-order valence-corrected chi connectivity index (χ2v) is 4.80. The molecule has 0 fully saturated rings. The van der Waals surface area contributed by atoms with E-state index < -0.39 is 5.91 Å². The van der Waals surface area contributed by atoms with E-state index in [9.17, 15) is 4.79 Å². The number of aromatic nitrogens is 3. The monoisotopic (exact) mass is 290 g/mol. The van der Waals surface area contributed by atoms with E-state index in [0.29, 0.717) is 10.7 Å². The largest absolute Gasteiger partial charge is 0.285 e. The van der Waals surface area contributed by atoms with Crippen LogP contribution < -0.4 is 0 Å². The first-order valence-corrected chi connectivity index (χ1v) is 6.23. The number of rotatable bonds is 3. The molecule has 0 aliphatic heterocycles. The molecule has 1 amide bonds. The van der Waals surface area contributed by atoms with Gasteiger partial charge in [-0.2, -0.15) is 0 Å². The van der Waals surface area contributed by atoms with Gasteiger partial charge in [0.1, 0.15) is 0 Å². The van der Waals surface area contributed by atoms with Crippen LogP contribution in [-0.2, 0) is 0 Å². The summed E-state index contributed by atoms with van der Waals surface area (Å²) in [4.78, 5) is 14.2. The van der Waals surface area contributed by atoms with Crippen molar-refractivity contribution in [3.05, 3.63) is 51.1 Å². The van der Waals surface area contributed by atoms with Crippen LogP contribution in [0.15, 0.2) is 29.4 Å². The van der Waals surface area contributed by atoms with Crippen LogP contribution in [0.1, 0.15) is 35.9 Å². The highest BCUT2D eigenvalue weighted by atomic mass is 35.5. The summed E-state index contributed by atoms with van der Waals surface area (Å²) in [6, 6.07) is 6.98. The molecule has 0 bridgehead atoms. The van der Waals surface area contributed by atoms with Crippen molar-refractivity contribution in [1.82, 2.24) is 15.0 Å². The number of azide groups is 1. The SMILES string of the molecule is CC(C)c1c(C(=O)N=[N+]=[N-])nnn1-c1ccc(Cl)cc1. The lowest BCUT2D eigenvalue weighted by Crippen LogP contribution is -2.07. The smallest absolute Gasteiger partial charge is 0.271 e. The van der Waals surface area contributed by atoms with E-state index in [1.807, 2.05) is 13.8 Å². The molecule has 0 saturated carbocycles. The molecule has 0 aliphatic rings. The Kier molecular flexibility index (Phi) is 4.02. The van der Waals surface area contributed by atoms with Gasteiger partial charge in [-0.05, 0) is 40.8 Å². The van der Waals surface area contributed by atoms with Crippen LogP contribution >= 0.6 is 11.6 Å². The first-order chi connectivity index (χ1) is 9.54. The van der Waals surface area contributed by atoms with Crippen LogP contribution in [0.5, 0.6) is 0 Å². The third-order valence-corrected chi connectivity index (χ3v) is 2.91. The quantitative estimate of drug-likeness (QED) is 0.491.